The minimum absolute atomic E-state index is 0.161. The van der Waals surface area contributed by atoms with E-state index < -0.39 is 11.7 Å². The Kier molecular flexibility index (Phi) is 3.87. The fraction of sp³-hybridized carbons (Fsp3) is 0. The SMILES string of the molecule is N#Cc1cc(NC(=O)c2cc3nccnc3cc2F)ccc1Cl. The number of fused-ring (bicyclic) bond motifs is 1. The molecule has 0 aliphatic rings. The van der Waals surface area contributed by atoms with Gasteiger partial charge in [0.2, 0.25) is 0 Å². The third kappa shape index (κ3) is 2.96. The van der Waals surface area contributed by atoms with Gasteiger partial charge < -0.3 is 5.32 Å². The highest BCUT2D eigenvalue weighted by Gasteiger charge is 2.15. The maximum atomic E-state index is 14.1. The number of rotatable bonds is 2. The fourth-order valence-corrected chi connectivity index (χ4v) is 2.21. The summed E-state index contributed by atoms with van der Waals surface area (Å²) in [5, 5.41) is 11.7. The lowest BCUT2D eigenvalue weighted by atomic mass is 10.1. The maximum Gasteiger partial charge on any atom is 0.258 e. The fourth-order valence-electron chi connectivity index (χ4n) is 2.05. The highest BCUT2D eigenvalue weighted by Crippen LogP contribution is 2.21. The van der Waals surface area contributed by atoms with E-state index in [-0.39, 0.29) is 16.1 Å². The van der Waals surface area contributed by atoms with Gasteiger partial charge in [-0.2, -0.15) is 5.26 Å². The number of nitriles is 1. The zero-order chi connectivity index (χ0) is 16.4. The quantitative estimate of drug-likeness (QED) is 0.781. The number of hydrogen-bond donors (Lipinski definition) is 1. The minimum Gasteiger partial charge on any atom is -0.322 e. The first-order valence-electron chi connectivity index (χ1n) is 6.50. The van der Waals surface area contributed by atoms with E-state index >= 15 is 0 Å². The Labute approximate surface area is 135 Å². The van der Waals surface area contributed by atoms with Crippen molar-refractivity contribution in [3.8, 4) is 6.07 Å². The van der Waals surface area contributed by atoms with Crippen LogP contribution in [0.4, 0.5) is 10.1 Å². The van der Waals surface area contributed by atoms with Crippen molar-refractivity contribution >= 4 is 34.2 Å². The van der Waals surface area contributed by atoms with Crippen LogP contribution in [-0.2, 0) is 0 Å². The van der Waals surface area contributed by atoms with E-state index in [0.717, 1.165) is 6.07 Å². The molecule has 0 spiro atoms. The number of halogens is 2. The smallest absolute Gasteiger partial charge is 0.258 e. The van der Waals surface area contributed by atoms with Gasteiger partial charge in [0.1, 0.15) is 11.9 Å². The Morgan fingerprint density at radius 2 is 1.87 bits per heavy atom. The van der Waals surface area contributed by atoms with Gasteiger partial charge in [-0.3, -0.25) is 14.8 Å². The second kappa shape index (κ2) is 5.99. The van der Waals surface area contributed by atoms with Crippen LogP contribution < -0.4 is 5.32 Å². The standard InChI is InChI=1S/C16H8ClFN4O/c17-12-2-1-10(5-9(12)8-19)22-16(23)11-6-14-15(7-13(11)18)21-4-3-20-14/h1-7H,(H,22,23). The van der Waals surface area contributed by atoms with E-state index in [1.165, 1.54) is 36.7 Å². The average Bonchev–Trinajstić information content (AvgIpc) is 2.55. The van der Waals surface area contributed by atoms with Crippen molar-refractivity contribution in [3.63, 3.8) is 0 Å². The molecule has 0 bridgehead atoms. The largest absolute Gasteiger partial charge is 0.322 e. The van der Waals surface area contributed by atoms with E-state index in [9.17, 15) is 9.18 Å². The number of nitrogens with one attached hydrogen (secondary N) is 1. The molecule has 0 fully saturated rings. The van der Waals surface area contributed by atoms with E-state index in [2.05, 4.69) is 15.3 Å². The minimum atomic E-state index is -0.704. The normalized spacial score (nSPS) is 10.3. The number of hydrogen-bond acceptors (Lipinski definition) is 4. The Morgan fingerprint density at radius 3 is 2.57 bits per heavy atom. The predicted octanol–water partition coefficient (Wildman–Crippen LogP) is 3.55. The van der Waals surface area contributed by atoms with Crippen LogP contribution in [0.3, 0.4) is 0 Å². The molecule has 0 aliphatic carbocycles. The highest BCUT2D eigenvalue weighted by molar-refractivity contribution is 6.31. The van der Waals surface area contributed by atoms with Gasteiger partial charge in [-0.15, -0.1) is 0 Å². The molecule has 1 heterocycles. The summed E-state index contributed by atoms with van der Waals surface area (Å²) in [5.74, 6) is -1.36. The summed E-state index contributed by atoms with van der Waals surface area (Å²) in [7, 11) is 0. The zero-order valence-electron chi connectivity index (χ0n) is 11.5. The van der Waals surface area contributed by atoms with E-state index in [0.29, 0.717) is 16.7 Å². The number of amides is 1. The summed E-state index contributed by atoms with van der Waals surface area (Å²) in [5.41, 5.74) is 1.17. The molecule has 7 heteroatoms. The molecule has 0 saturated carbocycles. The van der Waals surface area contributed by atoms with Crippen LogP contribution in [0.1, 0.15) is 15.9 Å². The van der Waals surface area contributed by atoms with Crippen molar-refractivity contribution in [1.82, 2.24) is 9.97 Å². The van der Waals surface area contributed by atoms with Gasteiger partial charge in [-0.05, 0) is 24.3 Å². The van der Waals surface area contributed by atoms with Crippen molar-refractivity contribution in [2.45, 2.75) is 0 Å². The molecule has 5 nitrogen and oxygen atoms in total. The summed E-state index contributed by atoms with van der Waals surface area (Å²) < 4.78 is 14.1. The van der Waals surface area contributed by atoms with E-state index in [1.807, 2.05) is 6.07 Å². The molecule has 0 atom stereocenters. The Bertz CT molecular complexity index is 968. The summed E-state index contributed by atoms with van der Waals surface area (Å²) in [6.45, 7) is 0. The Morgan fingerprint density at radius 1 is 1.17 bits per heavy atom. The van der Waals surface area contributed by atoms with Gasteiger partial charge in [-0.25, -0.2) is 4.39 Å². The molecule has 0 saturated heterocycles. The van der Waals surface area contributed by atoms with Crippen LogP contribution in [0.15, 0.2) is 42.7 Å². The summed E-state index contributed by atoms with van der Waals surface area (Å²) in [4.78, 5) is 20.3. The number of nitrogens with zero attached hydrogens (tertiary/aromatic N) is 3. The van der Waals surface area contributed by atoms with Crippen molar-refractivity contribution in [2.24, 2.45) is 0 Å². The first-order valence-corrected chi connectivity index (χ1v) is 6.87. The monoisotopic (exact) mass is 326 g/mol. The topological polar surface area (TPSA) is 78.7 Å². The molecule has 112 valence electrons. The van der Waals surface area contributed by atoms with Crippen LogP contribution in [-0.4, -0.2) is 15.9 Å². The predicted molar refractivity (Wildman–Crippen MR) is 83.6 cm³/mol. The Hall–Kier alpha value is -3.04. The molecular weight excluding hydrogens is 319 g/mol. The first-order chi connectivity index (χ1) is 11.1. The van der Waals surface area contributed by atoms with Crippen LogP contribution in [0.5, 0.6) is 0 Å². The van der Waals surface area contributed by atoms with Crippen LogP contribution in [0, 0.1) is 17.1 Å². The molecule has 1 amide bonds. The van der Waals surface area contributed by atoms with Gasteiger partial charge in [0.25, 0.3) is 5.91 Å². The summed E-state index contributed by atoms with van der Waals surface area (Å²) >= 11 is 5.83. The number of anilines is 1. The molecule has 3 aromatic rings. The van der Waals surface area contributed by atoms with Gasteiger partial charge in [0, 0.05) is 24.1 Å². The van der Waals surface area contributed by atoms with Crippen molar-refractivity contribution in [2.75, 3.05) is 5.32 Å². The third-order valence-electron chi connectivity index (χ3n) is 3.15. The van der Waals surface area contributed by atoms with Crippen LogP contribution in [0.2, 0.25) is 5.02 Å². The molecule has 0 unspecified atom stereocenters. The van der Waals surface area contributed by atoms with Gasteiger partial charge >= 0.3 is 0 Å². The third-order valence-corrected chi connectivity index (χ3v) is 3.48. The molecule has 1 N–H and O–H groups in total. The highest BCUT2D eigenvalue weighted by atomic mass is 35.5. The number of carbonyl (C=O) groups excluding carboxylic acids is 1. The van der Waals surface area contributed by atoms with Crippen LogP contribution >= 0.6 is 11.6 Å². The Balaban J connectivity index is 1.95. The second-order valence-electron chi connectivity index (χ2n) is 4.64. The number of carbonyl (C=O) groups is 1. The molecule has 0 aliphatic heterocycles. The van der Waals surface area contributed by atoms with E-state index in [1.54, 1.807) is 0 Å². The van der Waals surface area contributed by atoms with Crippen molar-refractivity contribution in [1.29, 1.82) is 5.26 Å². The molecule has 3 rings (SSSR count). The maximum absolute atomic E-state index is 14.1. The molecule has 2 aromatic carbocycles. The van der Waals surface area contributed by atoms with Crippen molar-refractivity contribution in [3.05, 3.63) is 64.7 Å². The summed E-state index contributed by atoms with van der Waals surface area (Å²) in [6, 6.07) is 8.82. The lowest BCUT2D eigenvalue weighted by molar-refractivity contribution is 0.102. The lowest BCUT2D eigenvalue weighted by Crippen LogP contribution is -2.14. The first kappa shape index (κ1) is 14.9. The van der Waals surface area contributed by atoms with Crippen molar-refractivity contribution < 1.29 is 9.18 Å². The molecular formula is C16H8ClFN4O. The zero-order valence-corrected chi connectivity index (χ0v) is 12.3. The molecule has 1 aromatic heterocycles. The second-order valence-corrected chi connectivity index (χ2v) is 5.04. The average molecular weight is 327 g/mol. The number of aromatic nitrogens is 2. The number of benzene rings is 2. The molecule has 0 radical (unpaired) electrons. The van der Waals surface area contributed by atoms with Gasteiger partial charge in [-0.1, -0.05) is 11.6 Å². The van der Waals surface area contributed by atoms with Gasteiger partial charge in [0.05, 0.1) is 27.2 Å². The van der Waals surface area contributed by atoms with E-state index in [4.69, 9.17) is 16.9 Å². The summed E-state index contributed by atoms with van der Waals surface area (Å²) in [6.07, 6.45) is 2.90. The lowest BCUT2D eigenvalue weighted by Gasteiger charge is -2.08. The van der Waals surface area contributed by atoms with Crippen LogP contribution in [0.25, 0.3) is 11.0 Å². The van der Waals surface area contributed by atoms with Gasteiger partial charge in [0.15, 0.2) is 0 Å². The molecule has 23 heavy (non-hydrogen) atoms.